The molecule has 1 atom stereocenters. The largest absolute Gasteiger partial charge is 0.493 e. The molecule has 16 heavy (non-hydrogen) atoms. The van der Waals surface area contributed by atoms with E-state index in [-0.39, 0.29) is 0 Å². The summed E-state index contributed by atoms with van der Waals surface area (Å²) in [6.45, 7) is 6.67. The van der Waals surface area contributed by atoms with Gasteiger partial charge in [-0.2, -0.15) is 12.6 Å². The molecular formula is C14H20OS. The Balaban J connectivity index is 2.61. The molecule has 1 aromatic rings. The van der Waals surface area contributed by atoms with Crippen molar-refractivity contribution >= 4 is 12.6 Å². The zero-order chi connectivity index (χ0) is 11.8. The second kappa shape index (κ2) is 7.39. The summed E-state index contributed by atoms with van der Waals surface area (Å²) in [4.78, 5) is 0. The van der Waals surface area contributed by atoms with Crippen LogP contribution in [0.3, 0.4) is 0 Å². The number of hydrogen-bond donors (Lipinski definition) is 1. The van der Waals surface area contributed by atoms with E-state index in [0.29, 0.717) is 5.92 Å². The van der Waals surface area contributed by atoms with E-state index in [1.165, 1.54) is 5.56 Å². The number of ether oxygens (including phenoxy) is 1. The van der Waals surface area contributed by atoms with E-state index < -0.39 is 0 Å². The minimum Gasteiger partial charge on any atom is -0.493 e. The fourth-order valence-corrected chi connectivity index (χ4v) is 1.84. The number of allylic oxidation sites excluding steroid dienone is 1. The van der Waals surface area contributed by atoms with E-state index in [1.807, 2.05) is 24.3 Å². The van der Waals surface area contributed by atoms with Crippen LogP contribution in [0.4, 0.5) is 0 Å². The van der Waals surface area contributed by atoms with Crippen molar-refractivity contribution in [3.05, 3.63) is 42.5 Å². The van der Waals surface area contributed by atoms with Crippen LogP contribution in [0, 0.1) is 5.92 Å². The first-order valence-corrected chi connectivity index (χ1v) is 6.37. The van der Waals surface area contributed by atoms with Gasteiger partial charge in [0.25, 0.3) is 0 Å². The lowest BCUT2D eigenvalue weighted by Crippen LogP contribution is -2.13. The Kier molecular flexibility index (Phi) is 6.09. The predicted molar refractivity (Wildman–Crippen MR) is 73.5 cm³/mol. The molecule has 0 spiro atoms. The van der Waals surface area contributed by atoms with Gasteiger partial charge in [0.15, 0.2) is 0 Å². The standard InChI is InChI=1S/C14H20OS/c1-3-7-13-8-5-6-9-14(13)15-10-12(4-2)11-16/h3,5-6,8-9,12,16H,1,4,7,10-11H2,2H3. The molecule has 1 aromatic carbocycles. The Hall–Kier alpha value is -0.890. The third-order valence-corrected chi connectivity index (χ3v) is 3.16. The zero-order valence-corrected chi connectivity index (χ0v) is 10.7. The van der Waals surface area contributed by atoms with Gasteiger partial charge >= 0.3 is 0 Å². The van der Waals surface area contributed by atoms with Gasteiger partial charge in [-0.3, -0.25) is 0 Å². The van der Waals surface area contributed by atoms with Crippen molar-refractivity contribution in [1.29, 1.82) is 0 Å². The highest BCUT2D eigenvalue weighted by molar-refractivity contribution is 7.80. The monoisotopic (exact) mass is 236 g/mol. The van der Waals surface area contributed by atoms with Crippen LogP contribution in [-0.2, 0) is 6.42 Å². The number of hydrogen-bond acceptors (Lipinski definition) is 2. The summed E-state index contributed by atoms with van der Waals surface area (Å²) < 4.78 is 5.84. The molecule has 0 saturated carbocycles. The minimum atomic E-state index is 0.528. The summed E-state index contributed by atoms with van der Waals surface area (Å²) in [6.07, 6.45) is 3.86. The van der Waals surface area contributed by atoms with Crippen LogP contribution in [0.5, 0.6) is 5.75 Å². The van der Waals surface area contributed by atoms with Crippen LogP contribution >= 0.6 is 12.6 Å². The van der Waals surface area contributed by atoms with Gasteiger partial charge in [-0.15, -0.1) is 6.58 Å². The van der Waals surface area contributed by atoms with Gasteiger partial charge in [-0.1, -0.05) is 31.2 Å². The van der Waals surface area contributed by atoms with Crippen LogP contribution in [0.1, 0.15) is 18.9 Å². The summed E-state index contributed by atoms with van der Waals surface area (Å²) in [5.41, 5.74) is 1.20. The summed E-state index contributed by atoms with van der Waals surface area (Å²) in [5, 5.41) is 0. The highest BCUT2D eigenvalue weighted by atomic mass is 32.1. The molecule has 0 saturated heterocycles. The predicted octanol–water partition coefficient (Wildman–Crippen LogP) is 3.75. The van der Waals surface area contributed by atoms with Gasteiger partial charge in [0.2, 0.25) is 0 Å². The Morgan fingerprint density at radius 1 is 1.44 bits per heavy atom. The first-order chi connectivity index (χ1) is 7.81. The Bertz CT molecular complexity index is 318. The fourth-order valence-electron chi connectivity index (χ4n) is 1.48. The maximum absolute atomic E-state index is 5.84. The number of para-hydroxylation sites is 1. The van der Waals surface area contributed by atoms with Crippen LogP contribution in [0.2, 0.25) is 0 Å². The number of thiol groups is 1. The maximum atomic E-state index is 5.84. The molecule has 0 aliphatic heterocycles. The molecule has 1 unspecified atom stereocenters. The molecule has 0 N–H and O–H groups in total. The Morgan fingerprint density at radius 3 is 2.81 bits per heavy atom. The molecule has 0 aliphatic carbocycles. The smallest absolute Gasteiger partial charge is 0.122 e. The normalized spacial score (nSPS) is 12.1. The van der Waals surface area contributed by atoms with Crippen molar-refractivity contribution in [2.45, 2.75) is 19.8 Å². The van der Waals surface area contributed by atoms with Crippen molar-refractivity contribution < 1.29 is 4.74 Å². The highest BCUT2D eigenvalue weighted by Crippen LogP contribution is 2.20. The molecule has 88 valence electrons. The lowest BCUT2D eigenvalue weighted by molar-refractivity contribution is 0.257. The average molecular weight is 236 g/mol. The van der Waals surface area contributed by atoms with Gasteiger partial charge in [-0.05, 0) is 30.2 Å². The molecule has 1 rings (SSSR count). The van der Waals surface area contributed by atoms with Crippen molar-refractivity contribution in [2.75, 3.05) is 12.4 Å². The highest BCUT2D eigenvalue weighted by Gasteiger charge is 2.06. The van der Waals surface area contributed by atoms with Crippen LogP contribution < -0.4 is 4.74 Å². The van der Waals surface area contributed by atoms with Crippen molar-refractivity contribution in [3.8, 4) is 5.75 Å². The molecule has 0 bridgehead atoms. The molecule has 0 fully saturated rings. The average Bonchev–Trinajstić information content (AvgIpc) is 2.33. The molecular weight excluding hydrogens is 216 g/mol. The third-order valence-electron chi connectivity index (χ3n) is 2.65. The molecule has 0 aliphatic rings. The van der Waals surface area contributed by atoms with E-state index in [9.17, 15) is 0 Å². The molecule has 0 amide bonds. The fraction of sp³-hybridized carbons (Fsp3) is 0.429. The third kappa shape index (κ3) is 3.93. The Morgan fingerprint density at radius 2 is 2.19 bits per heavy atom. The van der Waals surface area contributed by atoms with Gasteiger partial charge < -0.3 is 4.74 Å². The van der Waals surface area contributed by atoms with E-state index >= 15 is 0 Å². The Labute approximate surface area is 104 Å². The SMILES string of the molecule is C=CCc1ccccc1OCC(CC)CS. The van der Waals surface area contributed by atoms with Crippen LogP contribution in [0.25, 0.3) is 0 Å². The molecule has 0 heterocycles. The molecule has 0 radical (unpaired) electrons. The summed E-state index contributed by atoms with van der Waals surface area (Å²) in [6, 6.07) is 8.13. The summed E-state index contributed by atoms with van der Waals surface area (Å²) in [5.74, 6) is 2.38. The van der Waals surface area contributed by atoms with E-state index in [1.54, 1.807) is 0 Å². The maximum Gasteiger partial charge on any atom is 0.122 e. The van der Waals surface area contributed by atoms with Crippen molar-refractivity contribution in [2.24, 2.45) is 5.92 Å². The van der Waals surface area contributed by atoms with E-state index in [0.717, 1.165) is 31.0 Å². The summed E-state index contributed by atoms with van der Waals surface area (Å²) >= 11 is 4.31. The first kappa shape index (κ1) is 13.2. The lowest BCUT2D eigenvalue weighted by atomic mass is 10.1. The van der Waals surface area contributed by atoms with Crippen molar-refractivity contribution in [3.63, 3.8) is 0 Å². The van der Waals surface area contributed by atoms with Crippen LogP contribution in [0.15, 0.2) is 36.9 Å². The molecule has 0 aromatic heterocycles. The van der Waals surface area contributed by atoms with Crippen LogP contribution in [-0.4, -0.2) is 12.4 Å². The first-order valence-electron chi connectivity index (χ1n) is 5.74. The zero-order valence-electron chi connectivity index (χ0n) is 9.86. The topological polar surface area (TPSA) is 9.23 Å². The van der Waals surface area contributed by atoms with Gasteiger partial charge in [-0.25, -0.2) is 0 Å². The van der Waals surface area contributed by atoms with Gasteiger partial charge in [0, 0.05) is 5.92 Å². The van der Waals surface area contributed by atoms with Gasteiger partial charge in [0.05, 0.1) is 6.61 Å². The number of benzene rings is 1. The van der Waals surface area contributed by atoms with E-state index in [2.05, 4.69) is 32.2 Å². The molecule has 2 heteroatoms. The minimum absolute atomic E-state index is 0.528. The van der Waals surface area contributed by atoms with Gasteiger partial charge in [0.1, 0.15) is 5.75 Å². The van der Waals surface area contributed by atoms with E-state index in [4.69, 9.17) is 4.74 Å². The lowest BCUT2D eigenvalue weighted by Gasteiger charge is -2.15. The van der Waals surface area contributed by atoms with Crippen molar-refractivity contribution in [1.82, 2.24) is 0 Å². The quantitative estimate of drug-likeness (QED) is 0.560. The molecule has 1 nitrogen and oxygen atoms in total. The summed E-state index contributed by atoms with van der Waals surface area (Å²) in [7, 11) is 0. The second-order valence-electron chi connectivity index (χ2n) is 3.87. The second-order valence-corrected chi connectivity index (χ2v) is 4.23. The number of rotatable bonds is 7.